The number of aliphatic hydroxyl groups excluding tert-OH is 2. The molecule has 0 bridgehead atoms. The van der Waals surface area contributed by atoms with Crippen LogP contribution >= 0.6 is 0 Å². The molecule has 0 aliphatic carbocycles. The summed E-state index contributed by atoms with van der Waals surface area (Å²) in [6.45, 7) is 8.52. The van der Waals surface area contributed by atoms with Crippen molar-refractivity contribution in [3.05, 3.63) is 37.0 Å². The third kappa shape index (κ3) is 3.30. The third-order valence-corrected chi connectivity index (χ3v) is 2.73. The molecule has 0 amide bonds. The minimum Gasteiger partial charge on any atom is -0.390 e. The summed E-state index contributed by atoms with van der Waals surface area (Å²) in [5.41, 5.74) is 1.03. The lowest BCUT2D eigenvalue weighted by molar-refractivity contribution is -0.0343. The topological polar surface area (TPSA) is 52.5 Å². The molecular weight excluding hydrogens is 190 g/mol. The van der Waals surface area contributed by atoms with Gasteiger partial charge in [0.1, 0.15) is 0 Å². The van der Waals surface area contributed by atoms with E-state index in [4.69, 9.17) is 0 Å². The normalized spacial score (nSPS) is 32.4. The molecule has 0 aromatic rings. The molecule has 84 valence electrons. The van der Waals surface area contributed by atoms with Crippen molar-refractivity contribution in [2.75, 3.05) is 13.1 Å². The number of hydrogen-bond acceptors (Lipinski definition) is 3. The van der Waals surface area contributed by atoms with Crippen LogP contribution in [0.15, 0.2) is 37.0 Å². The van der Waals surface area contributed by atoms with Crippen LogP contribution < -0.4 is 5.32 Å². The Labute approximate surface area is 90.8 Å². The minimum absolute atomic E-state index is 0.0398. The van der Waals surface area contributed by atoms with Crippen LogP contribution in [0, 0.1) is 5.92 Å². The van der Waals surface area contributed by atoms with Gasteiger partial charge in [0.2, 0.25) is 0 Å². The van der Waals surface area contributed by atoms with E-state index in [-0.39, 0.29) is 5.92 Å². The van der Waals surface area contributed by atoms with E-state index in [0.717, 1.165) is 12.1 Å². The van der Waals surface area contributed by atoms with Crippen LogP contribution in [-0.2, 0) is 0 Å². The molecule has 0 aromatic heterocycles. The van der Waals surface area contributed by atoms with Crippen molar-refractivity contribution in [3.8, 4) is 0 Å². The van der Waals surface area contributed by atoms with Crippen LogP contribution in [0.5, 0.6) is 0 Å². The molecule has 1 fully saturated rings. The molecule has 3 atom stereocenters. The summed E-state index contributed by atoms with van der Waals surface area (Å²) in [5, 5.41) is 22.3. The largest absolute Gasteiger partial charge is 0.390 e. The van der Waals surface area contributed by atoms with Crippen LogP contribution in [0.3, 0.4) is 0 Å². The molecule has 3 nitrogen and oxygen atoms in total. The van der Waals surface area contributed by atoms with Crippen molar-refractivity contribution in [1.82, 2.24) is 5.32 Å². The van der Waals surface area contributed by atoms with Crippen molar-refractivity contribution >= 4 is 0 Å². The van der Waals surface area contributed by atoms with Crippen LogP contribution in [0.1, 0.15) is 6.42 Å². The van der Waals surface area contributed by atoms with Gasteiger partial charge in [-0.1, -0.05) is 31.4 Å². The van der Waals surface area contributed by atoms with Crippen LogP contribution in [0.4, 0.5) is 0 Å². The first-order chi connectivity index (χ1) is 7.19. The number of allylic oxidation sites excluding steroid dienone is 4. The van der Waals surface area contributed by atoms with E-state index in [2.05, 4.69) is 18.5 Å². The van der Waals surface area contributed by atoms with Gasteiger partial charge in [0, 0.05) is 19.0 Å². The third-order valence-electron chi connectivity index (χ3n) is 2.73. The fourth-order valence-electron chi connectivity index (χ4n) is 1.84. The Bertz CT molecular complexity index is 260. The molecule has 1 aliphatic heterocycles. The first-order valence-electron chi connectivity index (χ1n) is 5.20. The van der Waals surface area contributed by atoms with Gasteiger partial charge in [-0.25, -0.2) is 0 Å². The number of rotatable bonds is 4. The van der Waals surface area contributed by atoms with Gasteiger partial charge in [0.15, 0.2) is 0 Å². The van der Waals surface area contributed by atoms with Crippen molar-refractivity contribution in [3.63, 3.8) is 0 Å². The van der Waals surface area contributed by atoms with Gasteiger partial charge in [-0.3, -0.25) is 0 Å². The number of aliphatic hydroxyl groups is 2. The van der Waals surface area contributed by atoms with Gasteiger partial charge in [-0.05, 0) is 12.0 Å². The highest BCUT2D eigenvalue weighted by molar-refractivity contribution is 5.22. The molecule has 3 unspecified atom stereocenters. The lowest BCUT2D eigenvalue weighted by Gasteiger charge is -2.32. The first-order valence-corrected chi connectivity index (χ1v) is 5.20. The maximum Gasteiger partial charge on any atom is 0.0926 e. The number of β-amino-alcohol motifs (C(OH)–C–C–N with tert-alkyl or cyclic N) is 1. The molecule has 1 rings (SSSR count). The number of hydrogen-bond donors (Lipinski definition) is 3. The quantitative estimate of drug-likeness (QED) is 0.595. The predicted octanol–water partition coefficient (Wildman–Crippen LogP) is 0.616. The van der Waals surface area contributed by atoms with Crippen LogP contribution in [0.25, 0.3) is 0 Å². The molecule has 1 aliphatic rings. The highest BCUT2D eigenvalue weighted by atomic mass is 16.3. The summed E-state index contributed by atoms with van der Waals surface area (Å²) in [7, 11) is 0. The Morgan fingerprint density at radius 2 is 2.07 bits per heavy atom. The van der Waals surface area contributed by atoms with Crippen molar-refractivity contribution in [2.24, 2.45) is 5.92 Å². The van der Waals surface area contributed by atoms with Gasteiger partial charge in [-0.2, -0.15) is 0 Å². The summed E-state index contributed by atoms with van der Waals surface area (Å²) in [4.78, 5) is 0. The lowest BCUT2D eigenvalue weighted by Crippen LogP contribution is -2.50. The summed E-state index contributed by atoms with van der Waals surface area (Å²) < 4.78 is 0. The fourth-order valence-corrected chi connectivity index (χ4v) is 1.84. The average molecular weight is 209 g/mol. The van der Waals surface area contributed by atoms with E-state index in [0.29, 0.717) is 13.0 Å². The maximum absolute atomic E-state index is 9.77. The van der Waals surface area contributed by atoms with E-state index >= 15 is 0 Å². The Morgan fingerprint density at radius 3 is 2.67 bits per heavy atom. The van der Waals surface area contributed by atoms with Gasteiger partial charge < -0.3 is 15.5 Å². The second kappa shape index (κ2) is 5.85. The number of nitrogens with one attached hydrogen (secondary N) is 1. The second-order valence-electron chi connectivity index (χ2n) is 3.86. The highest BCUT2D eigenvalue weighted by Crippen LogP contribution is 2.20. The predicted molar refractivity (Wildman–Crippen MR) is 61.5 cm³/mol. The summed E-state index contributed by atoms with van der Waals surface area (Å²) in [6.07, 6.45) is 4.73. The molecule has 0 spiro atoms. The monoisotopic (exact) mass is 209 g/mol. The first kappa shape index (κ1) is 12.2. The van der Waals surface area contributed by atoms with Gasteiger partial charge in [-0.15, -0.1) is 0 Å². The minimum atomic E-state index is -0.668. The Balaban J connectivity index is 2.59. The Kier molecular flexibility index (Phi) is 4.75. The molecule has 0 saturated carbocycles. The van der Waals surface area contributed by atoms with Crippen LogP contribution in [0.2, 0.25) is 0 Å². The summed E-state index contributed by atoms with van der Waals surface area (Å²) in [5.74, 6) is 0.0398. The molecule has 1 heterocycles. The van der Waals surface area contributed by atoms with Gasteiger partial charge in [0.05, 0.1) is 12.2 Å². The molecule has 0 radical (unpaired) electrons. The average Bonchev–Trinajstić information content (AvgIpc) is 2.24. The zero-order valence-electron chi connectivity index (χ0n) is 8.89. The summed E-state index contributed by atoms with van der Waals surface area (Å²) >= 11 is 0. The van der Waals surface area contributed by atoms with E-state index in [9.17, 15) is 10.2 Å². The number of piperidine rings is 1. The zero-order valence-corrected chi connectivity index (χ0v) is 8.89. The van der Waals surface area contributed by atoms with Crippen molar-refractivity contribution in [1.29, 1.82) is 0 Å². The molecule has 3 N–H and O–H groups in total. The Hall–Kier alpha value is -0.900. The standard InChI is InChI=1S/C12H19NO2/c1-3-5-9(4-2)6-10-7-13-8-11(14)12(10)15/h3-5,10-15H,1-2,6-8H2. The van der Waals surface area contributed by atoms with Gasteiger partial charge in [0.25, 0.3) is 0 Å². The van der Waals surface area contributed by atoms with Crippen LogP contribution in [-0.4, -0.2) is 35.5 Å². The van der Waals surface area contributed by atoms with Crippen molar-refractivity contribution in [2.45, 2.75) is 18.6 Å². The molecule has 3 heteroatoms. The maximum atomic E-state index is 9.77. The Morgan fingerprint density at radius 1 is 1.33 bits per heavy atom. The molecule has 15 heavy (non-hydrogen) atoms. The smallest absolute Gasteiger partial charge is 0.0926 e. The molecule has 0 aromatic carbocycles. The van der Waals surface area contributed by atoms with E-state index in [1.54, 1.807) is 12.2 Å². The molecule has 1 saturated heterocycles. The molecular formula is C12H19NO2. The SMILES string of the molecule is C=CC=C(C=C)CC1CNCC(O)C1O. The highest BCUT2D eigenvalue weighted by Gasteiger charge is 2.30. The second-order valence-corrected chi connectivity index (χ2v) is 3.86. The summed E-state index contributed by atoms with van der Waals surface area (Å²) in [6, 6.07) is 0. The lowest BCUT2D eigenvalue weighted by atomic mass is 9.88. The van der Waals surface area contributed by atoms with E-state index in [1.165, 1.54) is 0 Å². The van der Waals surface area contributed by atoms with E-state index < -0.39 is 12.2 Å². The zero-order chi connectivity index (χ0) is 11.3. The fraction of sp³-hybridized carbons (Fsp3) is 0.500. The van der Waals surface area contributed by atoms with Gasteiger partial charge >= 0.3 is 0 Å². The van der Waals surface area contributed by atoms with E-state index in [1.807, 2.05) is 6.08 Å². The van der Waals surface area contributed by atoms with Crippen molar-refractivity contribution < 1.29 is 10.2 Å².